The van der Waals surface area contributed by atoms with Gasteiger partial charge in [-0.1, -0.05) is 29.3 Å². The molecule has 4 rings (SSSR count). The van der Waals surface area contributed by atoms with Crippen LogP contribution in [0.4, 0.5) is 17.1 Å². The summed E-state index contributed by atoms with van der Waals surface area (Å²) >= 11 is 12.3. The highest BCUT2D eigenvalue weighted by Gasteiger charge is 2.39. The largest absolute Gasteiger partial charge is 0.497 e. The molecule has 3 amide bonds. The topological polar surface area (TPSA) is 87.7 Å². The number of rotatable bonds is 6. The Kier molecular flexibility index (Phi) is 6.58. The van der Waals surface area contributed by atoms with Crippen LogP contribution in [0.1, 0.15) is 15.9 Å². The number of halogens is 2. The van der Waals surface area contributed by atoms with Crippen LogP contribution in [0.15, 0.2) is 77.5 Å². The Hall–Kier alpha value is -3.81. The van der Waals surface area contributed by atoms with Gasteiger partial charge in [0.15, 0.2) is 0 Å². The first-order valence-electron chi connectivity index (χ1n) is 10.2. The fourth-order valence-electron chi connectivity index (χ4n) is 3.38. The number of nitrogens with one attached hydrogen (secondary N) is 2. The Morgan fingerprint density at radius 1 is 0.882 bits per heavy atom. The number of aryl methyl sites for hydroxylation is 1. The molecule has 3 aromatic carbocycles. The van der Waals surface area contributed by atoms with E-state index < -0.39 is 11.8 Å². The predicted molar refractivity (Wildman–Crippen MR) is 133 cm³/mol. The second kappa shape index (κ2) is 9.59. The number of anilines is 3. The second-order valence-electron chi connectivity index (χ2n) is 7.45. The molecule has 34 heavy (non-hydrogen) atoms. The van der Waals surface area contributed by atoms with E-state index in [4.69, 9.17) is 27.9 Å². The minimum absolute atomic E-state index is 0.0542. The van der Waals surface area contributed by atoms with Crippen molar-refractivity contribution in [1.82, 2.24) is 0 Å². The number of ether oxygens (including phenoxy) is 1. The summed E-state index contributed by atoms with van der Waals surface area (Å²) in [5, 5.41) is 5.84. The Balaban J connectivity index is 1.48. The quantitative estimate of drug-likeness (QED) is 0.450. The van der Waals surface area contributed by atoms with E-state index in [1.54, 1.807) is 74.7 Å². The zero-order valence-corrected chi connectivity index (χ0v) is 19.7. The summed E-state index contributed by atoms with van der Waals surface area (Å²) < 4.78 is 5.10. The fourth-order valence-corrected chi connectivity index (χ4v) is 3.76. The van der Waals surface area contributed by atoms with Crippen LogP contribution in [0.2, 0.25) is 5.02 Å². The molecule has 0 bridgehead atoms. The van der Waals surface area contributed by atoms with Gasteiger partial charge in [-0.25, -0.2) is 4.90 Å². The van der Waals surface area contributed by atoms with E-state index in [1.165, 1.54) is 6.07 Å². The maximum Gasteiger partial charge on any atom is 0.283 e. The van der Waals surface area contributed by atoms with Gasteiger partial charge in [-0.3, -0.25) is 14.4 Å². The van der Waals surface area contributed by atoms with Crippen molar-refractivity contribution in [3.05, 3.63) is 93.6 Å². The molecule has 0 saturated carbocycles. The zero-order valence-electron chi connectivity index (χ0n) is 18.2. The maximum absolute atomic E-state index is 13.0. The third kappa shape index (κ3) is 4.62. The van der Waals surface area contributed by atoms with Gasteiger partial charge < -0.3 is 15.4 Å². The molecular formula is C25H19Cl2N3O4. The van der Waals surface area contributed by atoms with Crippen molar-refractivity contribution in [3.63, 3.8) is 0 Å². The van der Waals surface area contributed by atoms with Crippen molar-refractivity contribution in [1.29, 1.82) is 0 Å². The molecular weight excluding hydrogens is 477 g/mol. The van der Waals surface area contributed by atoms with Gasteiger partial charge in [0, 0.05) is 22.0 Å². The van der Waals surface area contributed by atoms with Gasteiger partial charge in [0.25, 0.3) is 17.7 Å². The molecule has 7 nitrogen and oxygen atoms in total. The number of methoxy groups -OCH3 is 1. The summed E-state index contributed by atoms with van der Waals surface area (Å²) in [4.78, 5) is 39.2. The molecule has 1 heterocycles. The van der Waals surface area contributed by atoms with Crippen LogP contribution in [0.5, 0.6) is 5.75 Å². The number of benzene rings is 3. The normalized spacial score (nSPS) is 13.4. The molecule has 3 aromatic rings. The third-order valence-corrected chi connectivity index (χ3v) is 5.79. The average Bonchev–Trinajstić information content (AvgIpc) is 3.04. The minimum atomic E-state index is -0.643. The lowest BCUT2D eigenvalue weighted by Gasteiger charge is -2.17. The minimum Gasteiger partial charge on any atom is -0.497 e. The molecule has 9 heteroatoms. The van der Waals surface area contributed by atoms with Crippen LogP contribution in [0.25, 0.3) is 0 Å². The summed E-state index contributed by atoms with van der Waals surface area (Å²) in [7, 11) is 1.57. The molecule has 172 valence electrons. The highest BCUT2D eigenvalue weighted by Crippen LogP contribution is 2.33. The van der Waals surface area contributed by atoms with Crippen molar-refractivity contribution in [2.24, 2.45) is 0 Å². The van der Waals surface area contributed by atoms with Crippen molar-refractivity contribution in [2.75, 3.05) is 22.6 Å². The van der Waals surface area contributed by atoms with E-state index in [0.29, 0.717) is 39.0 Å². The summed E-state index contributed by atoms with van der Waals surface area (Å²) in [5.74, 6) is -0.856. The molecule has 2 N–H and O–H groups in total. The van der Waals surface area contributed by atoms with Crippen LogP contribution in [0, 0.1) is 6.92 Å². The zero-order chi connectivity index (χ0) is 24.4. The van der Waals surface area contributed by atoms with Gasteiger partial charge >= 0.3 is 0 Å². The Bertz CT molecular complexity index is 1320. The monoisotopic (exact) mass is 495 g/mol. The number of hydrogen-bond acceptors (Lipinski definition) is 5. The molecule has 0 unspecified atom stereocenters. The summed E-state index contributed by atoms with van der Waals surface area (Å²) in [6, 6.07) is 18.3. The lowest BCUT2D eigenvalue weighted by atomic mass is 10.1. The third-order valence-electron chi connectivity index (χ3n) is 5.20. The number of hydrogen-bond donors (Lipinski definition) is 2. The van der Waals surface area contributed by atoms with Crippen molar-refractivity contribution >= 4 is 58.0 Å². The molecule has 0 aliphatic carbocycles. The summed E-state index contributed by atoms with van der Waals surface area (Å²) in [6.45, 7) is 1.77. The smallest absolute Gasteiger partial charge is 0.283 e. The van der Waals surface area contributed by atoms with Crippen molar-refractivity contribution in [3.8, 4) is 5.75 Å². The number of nitrogens with zero attached hydrogens (tertiary/aromatic N) is 1. The lowest BCUT2D eigenvalue weighted by Crippen LogP contribution is -2.32. The van der Waals surface area contributed by atoms with Gasteiger partial charge in [-0.15, -0.1) is 0 Å². The van der Waals surface area contributed by atoms with Crippen LogP contribution < -0.4 is 20.3 Å². The van der Waals surface area contributed by atoms with Crippen LogP contribution in [0.3, 0.4) is 0 Å². The fraction of sp³-hybridized carbons (Fsp3) is 0.0800. The highest BCUT2D eigenvalue weighted by molar-refractivity contribution is 6.53. The first-order valence-corrected chi connectivity index (χ1v) is 10.9. The molecule has 0 aromatic heterocycles. The van der Waals surface area contributed by atoms with Crippen LogP contribution >= 0.6 is 23.2 Å². The van der Waals surface area contributed by atoms with E-state index in [-0.39, 0.29) is 16.6 Å². The number of carbonyl (C=O) groups excluding carboxylic acids is 3. The SMILES string of the molecule is COc1ccc(NC(=O)c2ccc(NC3=C(Cl)C(=O)N(c4cc(Cl)ccc4C)C3=O)cc2)cc1. The molecule has 0 spiro atoms. The Morgan fingerprint density at radius 2 is 1.53 bits per heavy atom. The van der Waals surface area contributed by atoms with Gasteiger partial charge in [-0.05, 0) is 73.2 Å². The summed E-state index contributed by atoms with van der Waals surface area (Å²) in [6.07, 6.45) is 0. The predicted octanol–water partition coefficient (Wildman–Crippen LogP) is 5.35. The van der Waals surface area contributed by atoms with E-state index >= 15 is 0 Å². The number of amides is 3. The number of carbonyl (C=O) groups is 3. The van der Waals surface area contributed by atoms with Gasteiger partial charge in [-0.2, -0.15) is 0 Å². The first-order chi connectivity index (χ1) is 16.3. The molecule has 0 fully saturated rings. The van der Waals surface area contributed by atoms with E-state index in [1.807, 2.05) is 0 Å². The van der Waals surface area contributed by atoms with E-state index in [0.717, 1.165) is 4.90 Å². The van der Waals surface area contributed by atoms with Crippen molar-refractivity contribution < 1.29 is 19.1 Å². The standard InChI is InChI=1S/C25H19Cl2N3O4/c1-14-3-6-16(26)13-20(14)30-24(32)21(27)22(25(30)33)28-17-7-4-15(5-8-17)23(31)29-18-9-11-19(34-2)12-10-18/h3-13,28H,1-2H3,(H,29,31). The van der Waals surface area contributed by atoms with Gasteiger partial charge in [0.2, 0.25) is 0 Å². The van der Waals surface area contributed by atoms with Crippen LogP contribution in [-0.2, 0) is 9.59 Å². The molecule has 1 aliphatic heterocycles. The second-order valence-corrected chi connectivity index (χ2v) is 8.26. The van der Waals surface area contributed by atoms with E-state index in [9.17, 15) is 14.4 Å². The lowest BCUT2D eigenvalue weighted by molar-refractivity contribution is -0.120. The van der Waals surface area contributed by atoms with Gasteiger partial charge in [0.1, 0.15) is 16.5 Å². The van der Waals surface area contributed by atoms with Crippen molar-refractivity contribution in [2.45, 2.75) is 6.92 Å². The highest BCUT2D eigenvalue weighted by atomic mass is 35.5. The first kappa shape index (κ1) is 23.4. The molecule has 0 atom stereocenters. The summed E-state index contributed by atoms with van der Waals surface area (Å²) in [5.41, 5.74) is 2.52. The molecule has 1 aliphatic rings. The van der Waals surface area contributed by atoms with E-state index in [2.05, 4.69) is 10.6 Å². The van der Waals surface area contributed by atoms with Gasteiger partial charge in [0.05, 0.1) is 12.8 Å². The molecule has 0 saturated heterocycles. The number of imide groups is 1. The maximum atomic E-state index is 13.0. The van der Waals surface area contributed by atoms with Crippen LogP contribution in [-0.4, -0.2) is 24.8 Å². The Labute approximate surface area is 205 Å². The Morgan fingerprint density at radius 3 is 2.18 bits per heavy atom. The average molecular weight is 496 g/mol. The molecule has 0 radical (unpaired) electrons.